The summed E-state index contributed by atoms with van der Waals surface area (Å²) in [6.07, 6.45) is 1.73. The Bertz CT molecular complexity index is 628. The van der Waals surface area contributed by atoms with Crippen LogP contribution in [0.15, 0.2) is 29.6 Å². The SMILES string of the molecule is CCc1nc(CNCC(O)CN2CCc3ccccc3C2)cs1. The summed E-state index contributed by atoms with van der Waals surface area (Å²) in [5, 5.41) is 16.8. The zero-order chi connectivity index (χ0) is 16.1. The van der Waals surface area contributed by atoms with E-state index in [1.54, 1.807) is 11.3 Å². The van der Waals surface area contributed by atoms with Gasteiger partial charge in [-0.15, -0.1) is 11.3 Å². The lowest BCUT2D eigenvalue weighted by Crippen LogP contribution is -2.40. The van der Waals surface area contributed by atoms with Crippen LogP contribution in [0.4, 0.5) is 0 Å². The van der Waals surface area contributed by atoms with Crippen LogP contribution in [0.3, 0.4) is 0 Å². The van der Waals surface area contributed by atoms with E-state index in [1.807, 2.05) is 0 Å². The first-order chi connectivity index (χ1) is 11.2. The molecule has 5 heteroatoms. The van der Waals surface area contributed by atoms with Crippen molar-refractivity contribution >= 4 is 11.3 Å². The maximum atomic E-state index is 10.3. The van der Waals surface area contributed by atoms with Crippen molar-refractivity contribution in [2.75, 3.05) is 19.6 Å². The van der Waals surface area contributed by atoms with E-state index in [2.05, 4.69) is 51.8 Å². The third-order valence-corrected chi connectivity index (χ3v) is 5.31. The molecular weight excluding hydrogens is 306 g/mol. The van der Waals surface area contributed by atoms with Crippen LogP contribution in [0.2, 0.25) is 0 Å². The summed E-state index contributed by atoms with van der Waals surface area (Å²) in [4.78, 5) is 6.87. The van der Waals surface area contributed by atoms with E-state index in [-0.39, 0.29) is 6.10 Å². The molecule has 1 aromatic heterocycles. The molecule has 1 aromatic carbocycles. The molecular formula is C18H25N3OS. The third kappa shape index (κ3) is 4.61. The number of rotatable bonds is 7. The number of nitrogens with zero attached hydrogens (tertiary/aromatic N) is 2. The second-order valence-corrected chi connectivity index (χ2v) is 7.07. The zero-order valence-electron chi connectivity index (χ0n) is 13.7. The molecule has 124 valence electrons. The van der Waals surface area contributed by atoms with Gasteiger partial charge in [0.05, 0.1) is 16.8 Å². The van der Waals surface area contributed by atoms with Crippen LogP contribution in [-0.4, -0.2) is 40.7 Å². The van der Waals surface area contributed by atoms with Crippen molar-refractivity contribution in [3.05, 3.63) is 51.5 Å². The van der Waals surface area contributed by atoms with Crippen molar-refractivity contribution in [3.8, 4) is 0 Å². The summed E-state index contributed by atoms with van der Waals surface area (Å²) in [5.74, 6) is 0. The van der Waals surface area contributed by atoms with E-state index in [9.17, 15) is 5.11 Å². The Kier molecular flexibility index (Phi) is 5.78. The fourth-order valence-corrected chi connectivity index (χ4v) is 3.78. The van der Waals surface area contributed by atoms with E-state index in [1.165, 1.54) is 16.1 Å². The molecule has 0 aliphatic carbocycles. The van der Waals surface area contributed by atoms with Crippen molar-refractivity contribution in [3.63, 3.8) is 0 Å². The highest BCUT2D eigenvalue weighted by Gasteiger charge is 2.18. The predicted molar refractivity (Wildman–Crippen MR) is 94.6 cm³/mol. The number of hydrogen-bond donors (Lipinski definition) is 2. The van der Waals surface area contributed by atoms with Gasteiger partial charge in [0.2, 0.25) is 0 Å². The van der Waals surface area contributed by atoms with Crippen molar-refractivity contribution in [1.82, 2.24) is 15.2 Å². The fraction of sp³-hybridized carbons (Fsp3) is 0.500. The Balaban J connectivity index is 1.40. The first-order valence-electron chi connectivity index (χ1n) is 8.35. The first kappa shape index (κ1) is 16.6. The number of thiazole rings is 1. The van der Waals surface area contributed by atoms with Crippen LogP contribution in [0.25, 0.3) is 0 Å². The second-order valence-electron chi connectivity index (χ2n) is 6.12. The highest BCUT2D eigenvalue weighted by molar-refractivity contribution is 7.09. The lowest BCUT2D eigenvalue weighted by Gasteiger charge is -2.30. The van der Waals surface area contributed by atoms with Crippen LogP contribution in [0.1, 0.15) is 28.8 Å². The Morgan fingerprint density at radius 1 is 1.35 bits per heavy atom. The number of hydrogen-bond acceptors (Lipinski definition) is 5. The standard InChI is InChI=1S/C18H25N3OS/c1-2-18-20-16(13-23-18)9-19-10-17(22)12-21-8-7-14-5-3-4-6-15(14)11-21/h3-6,13,17,19,22H,2,7-12H2,1H3. The molecule has 0 saturated carbocycles. The second kappa shape index (κ2) is 8.02. The van der Waals surface area contributed by atoms with Crippen LogP contribution in [-0.2, 0) is 25.9 Å². The topological polar surface area (TPSA) is 48.4 Å². The maximum Gasteiger partial charge on any atom is 0.0926 e. The molecule has 0 radical (unpaired) electrons. The van der Waals surface area contributed by atoms with Gasteiger partial charge in [-0.3, -0.25) is 4.90 Å². The highest BCUT2D eigenvalue weighted by Crippen LogP contribution is 2.18. The van der Waals surface area contributed by atoms with Crippen LogP contribution < -0.4 is 5.32 Å². The minimum Gasteiger partial charge on any atom is -0.390 e. The van der Waals surface area contributed by atoms with E-state index in [0.29, 0.717) is 6.54 Å². The molecule has 1 atom stereocenters. The number of nitrogens with one attached hydrogen (secondary N) is 1. The molecule has 4 nitrogen and oxygen atoms in total. The fourth-order valence-electron chi connectivity index (χ4n) is 3.03. The molecule has 2 aromatic rings. The van der Waals surface area contributed by atoms with Crippen LogP contribution >= 0.6 is 11.3 Å². The predicted octanol–water partition coefficient (Wildman–Crippen LogP) is 2.21. The van der Waals surface area contributed by atoms with Gasteiger partial charge in [0, 0.05) is 38.1 Å². The number of aliphatic hydroxyl groups is 1. The number of aromatic nitrogens is 1. The minimum absolute atomic E-state index is 0.343. The van der Waals surface area contributed by atoms with E-state index in [4.69, 9.17) is 0 Å². The van der Waals surface area contributed by atoms with Gasteiger partial charge >= 0.3 is 0 Å². The summed E-state index contributed by atoms with van der Waals surface area (Å²) < 4.78 is 0. The maximum absolute atomic E-state index is 10.3. The molecule has 0 fully saturated rings. The quantitative estimate of drug-likeness (QED) is 0.817. The van der Waals surface area contributed by atoms with E-state index in [0.717, 1.165) is 44.7 Å². The number of β-amino-alcohol motifs (C(OH)–C–C–N with tert-alkyl or cyclic N) is 1. The molecule has 0 spiro atoms. The van der Waals surface area contributed by atoms with Gasteiger partial charge in [-0.2, -0.15) is 0 Å². The monoisotopic (exact) mass is 331 g/mol. The van der Waals surface area contributed by atoms with Crippen molar-refractivity contribution in [2.24, 2.45) is 0 Å². The highest BCUT2D eigenvalue weighted by atomic mass is 32.1. The molecule has 1 aliphatic rings. The lowest BCUT2D eigenvalue weighted by atomic mass is 10.00. The van der Waals surface area contributed by atoms with Gasteiger partial charge in [0.15, 0.2) is 0 Å². The number of fused-ring (bicyclic) bond motifs is 1. The molecule has 1 aliphatic heterocycles. The molecule has 1 unspecified atom stereocenters. The largest absolute Gasteiger partial charge is 0.390 e. The van der Waals surface area contributed by atoms with E-state index >= 15 is 0 Å². The summed E-state index contributed by atoms with van der Waals surface area (Å²) in [7, 11) is 0. The molecule has 0 amide bonds. The third-order valence-electron chi connectivity index (χ3n) is 4.27. The van der Waals surface area contributed by atoms with Gasteiger partial charge in [0.25, 0.3) is 0 Å². The summed E-state index contributed by atoms with van der Waals surface area (Å²) in [6, 6.07) is 8.61. The Morgan fingerprint density at radius 3 is 2.96 bits per heavy atom. The van der Waals surface area contributed by atoms with Gasteiger partial charge < -0.3 is 10.4 Å². The number of aryl methyl sites for hydroxylation is 1. The molecule has 0 saturated heterocycles. The van der Waals surface area contributed by atoms with E-state index < -0.39 is 0 Å². The van der Waals surface area contributed by atoms with Crippen molar-refractivity contribution < 1.29 is 5.11 Å². The van der Waals surface area contributed by atoms with Crippen LogP contribution in [0, 0.1) is 0 Å². The normalized spacial score (nSPS) is 16.3. The minimum atomic E-state index is -0.343. The average molecular weight is 331 g/mol. The lowest BCUT2D eigenvalue weighted by molar-refractivity contribution is 0.104. The average Bonchev–Trinajstić information content (AvgIpc) is 3.03. The smallest absolute Gasteiger partial charge is 0.0926 e. The van der Waals surface area contributed by atoms with Gasteiger partial charge in [-0.25, -0.2) is 4.98 Å². The Hall–Kier alpha value is -1.27. The van der Waals surface area contributed by atoms with Crippen molar-refractivity contribution in [1.29, 1.82) is 0 Å². The molecule has 0 bridgehead atoms. The molecule has 3 rings (SSSR count). The Morgan fingerprint density at radius 2 is 2.17 bits per heavy atom. The summed E-state index contributed by atoms with van der Waals surface area (Å²) in [6.45, 7) is 6.15. The van der Waals surface area contributed by atoms with Gasteiger partial charge in [0.1, 0.15) is 0 Å². The molecule has 2 heterocycles. The summed E-state index contributed by atoms with van der Waals surface area (Å²) >= 11 is 1.71. The van der Waals surface area contributed by atoms with Gasteiger partial charge in [-0.05, 0) is 24.0 Å². The van der Waals surface area contributed by atoms with Crippen molar-refractivity contribution in [2.45, 2.75) is 39.0 Å². The van der Waals surface area contributed by atoms with Crippen LogP contribution in [0.5, 0.6) is 0 Å². The molecule has 23 heavy (non-hydrogen) atoms. The molecule has 2 N–H and O–H groups in total. The first-order valence-corrected chi connectivity index (χ1v) is 9.23. The number of benzene rings is 1. The number of aliphatic hydroxyl groups excluding tert-OH is 1. The summed E-state index contributed by atoms with van der Waals surface area (Å²) in [5.41, 5.74) is 3.92. The zero-order valence-corrected chi connectivity index (χ0v) is 14.5. The Labute approximate surface area is 142 Å². The van der Waals surface area contributed by atoms with Gasteiger partial charge in [-0.1, -0.05) is 31.2 Å².